The molecule has 1 N–H and O–H groups in total. The number of alkyl halides is 3. The van der Waals surface area contributed by atoms with Crippen LogP contribution in [0.2, 0.25) is 0 Å². The van der Waals surface area contributed by atoms with Crippen LogP contribution in [0.1, 0.15) is 38.9 Å². The lowest BCUT2D eigenvalue weighted by atomic mass is 10.0. The van der Waals surface area contributed by atoms with Crippen LogP contribution in [0.4, 0.5) is 13.2 Å². The molecule has 0 aliphatic heterocycles. The SMILES string of the molecule is Cc1cc(C)c(SN(Cc2ccc(-c3cccc(CC(=O)O)c3)cc2)Cc2cccc(C(F)(F)F)c2)c(C)c1. The fourth-order valence-corrected chi connectivity index (χ4v) is 5.74. The normalized spacial score (nSPS) is 11.7. The summed E-state index contributed by atoms with van der Waals surface area (Å²) in [6, 6.07) is 25.2. The number of hydrogen-bond donors (Lipinski definition) is 1. The van der Waals surface area contributed by atoms with Gasteiger partial charge < -0.3 is 5.11 Å². The van der Waals surface area contributed by atoms with Crippen molar-refractivity contribution in [2.24, 2.45) is 0 Å². The molecule has 0 unspecified atom stereocenters. The van der Waals surface area contributed by atoms with Crippen molar-refractivity contribution in [3.8, 4) is 11.1 Å². The molecule has 0 atom stereocenters. The van der Waals surface area contributed by atoms with Gasteiger partial charge in [-0.1, -0.05) is 84.4 Å². The van der Waals surface area contributed by atoms with Crippen molar-refractivity contribution >= 4 is 17.9 Å². The Morgan fingerprint density at radius 2 is 1.38 bits per heavy atom. The number of carbonyl (C=O) groups is 1. The lowest BCUT2D eigenvalue weighted by molar-refractivity contribution is -0.138. The molecule has 0 heterocycles. The number of hydrogen-bond acceptors (Lipinski definition) is 3. The highest BCUT2D eigenvalue weighted by atomic mass is 32.2. The maximum atomic E-state index is 13.4. The number of halogens is 3. The Kier molecular flexibility index (Phi) is 8.83. The van der Waals surface area contributed by atoms with E-state index in [4.69, 9.17) is 5.11 Å². The minimum Gasteiger partial charge on any atom is -0.481 e. The fraction of sp³-hybridized carbons (Fsp3) is 0.219. The van der Waals surface area contributed by atoms with E-state index in [2.05, 4.69) is 30.3 Å². The van der Waals surface area contributed by atoms with Gasteiger partial charge in [0.15, 0.2) is 0 Å². The highest BCUT2D eigenvalue weighted by Gasteiger charge is 2.30. The van der Waals surface area contributed by atoms with Crippen molar-refractivity contribution in [3.05, 3.63) is 124 Å². The molecule has 0 bridgehead atoms. The van der Waals surface area contributed by atoms with Crippen LogP contribution in [0.3, 0.4) is 0 Å². The first-order valence-corrected chi connectivity index (χ1v) is 13.3. The summed E-state index contributed by atoms with van der Waals surface area (Å²) in [5, 5.41) is 9.10. The Bertz CT molecular complexity index is 1440. The molecule has 0 aromatic heterocycles. The van der Waals surface area contributed by atoms with Gasteiger partial charge in [-0.2, -0.15) is 13.2 Å². The first-order chi connectivity index (χ1) is 18.5. The molecule has 0 saturated heterocycles. The Balaban J connectivity index is 1.60. The summed E-state index contributed by atoms with van der Waals surface area (Å²) in [6.45, 7) is 7.01. The minimum absolute atomic E-state index is 0.0362. The van der Waals surface area contributed by atoms with Gasteiger partial charge in [0.2, 0.25) is 0 Å². The van der Waals surface area contributed by atoms with Crippen LogP contribution in [0.15, 0.2) is 89.8 Å². The summed E-state index contributed by atoms with van der Waals surface area (Å²) in [7, 11) is 0. The lowest BCUT2D eigenvalue weighted by Crippen LogP contribution is -2.16. The average Bonchev–Trinajstić information content (AvgIpc) is 2.86. The van der Waals surface area contributed by atoms with E-state index in [0.29, 0.717) is 18.7 Å². The number of carboxylic acid groups (broad SMARTS) is 1. The van der Waals surface area contributed by atoms with E-state index >= 15 is 0 Å². The molecule has 39 heavy (non-hydrogen) atoms. The standard InChI is InChI=1S/C32H30F3NO2S/c1-21-14-22(2)31(23(3)15-21)39-36(20-26-7-5-9-29(17-26)32(33,34)35)19-24-10-12-27(13-11-24)28-8-4-6-25(16-28)18-30(37)38/h4-17H,18-20H2,1-3H3,(H,37,38). The first-order valence-electron chi connectivity index (χ1n) is 12.5. The van der Waals surface area contributed by atoms with E-state index in [1.807, 2.05) is 49.4 Å². The van der Waals surface area contributed by atoms with E-state index in [1.165, 1.54) is 17.7 Å². The van der Waals surface area contributed by atoms with Crippen LogP contribution in [0.25, 0.3) is 11.1 Å². The number of aliphatic carboxylic acids is 1. The Hall–Kier alpha value is -3.55. The van der Waals surface area contributed by atoms with Crippen LogP contribution in [-0.4, -0.2) is 15.4 Å². The molecule has 7 heteroatoms. The third-order valence-corrected chi connectivity index (χ3v) is 7.71. The summed E-state index contributed by atoms with van der Waals surface area (Å²) in [5.74, 6) is -0.875. The number of nitrogens with zero attached hydrogens (tertiary/aromatic N) is 1. The summed E-state index contributed by atoms with van der Waals surface area (Å²) in [5.41, 5.74) is 7.01. The zero-order chi connectivity index (χ0) is 28.2. The second kappa shape index (κ2) is 12.1. The minimum atomic E-state index is -4.39. The summed E-state index contributed by atoms with van der Waals surface area (Å²) in [4.78, 5) is 12.2. The maximum Gasteiger partial charge on any atom is 0.416 e. The predicted molar refractivity (Wildman–Crippen MR) is 150 cm³/mol. The molecule has 0 spiro atoms. The Morgan fingerprint density at radius 1 is 0.769 bits per heavy atom. The largest absolute Gasteiger partial charge is 0.481 e. The monoisotopic (exact) mass is 549 g/mol. The van der Waals surface area contributed by atoms with E-state index in [9.17, 15) is 18.0 Å². The van der Waals surface area contributed by atoms with E-state index in [1.54, 1.807) is 24.1 Å². The molecule has 0 aliphatic carbocycles. The van der Waals surface area contributed by atoms with Gasteiger partial charge >= 0.3 is 12.1 Å². The van der Waals surface area contributed by atoms with E-state index < -0.39 is 17.7 Å². The highest BCUT2D eigenvalue weighted by Crippen LogP contribution is 2.34. The van der Waals surface area contributed by atoms with Crippen molar-refractivity contribution in [1.82, 2.24) is 4.31 Å². The third kappa shape index (κ3) is 7.74. The van der Waals surface area contributed by atoms with Crippen LogP contribution >= 0.6 is 11.9 Å². The van der Waals surface area contributed by atoms with Crippen molar-refractivity contribution in [1.29, 1.82) is 0 Å². The highest BCUT2D eigenvalue weighted by molar-refractivity contribution is 7.97. The molecule has 0 radical (unpaired) electrons. The topological polar surface area (TPSA) is 40.5 Å². The summed E-state index contributed by atoms with van der Waals surface area (Å²) >= 11 is 1.56. The van der Waals surface area contributed by atoms with Crippen molar-refractivity contribution in [2.45, 2.75) is 51.4 Å². The molecule has 0 amide bonds. The first kappa shape index (κ1) is 28.5. The second-order valence-corrected chi connectivity index (χ2v) is 10.9. The van der Waals surface area contributed by atoms with Crippen LogP contribution in [0.5, 0.6) is 0 Å². The quantitative estimate of drug-likeness (QED) is 0.212. The van der Waals surface area contributed by atoms with Gasteiger partial charge in [0, 0.05) is 18.0 Å². The van der Waals surface area contributed by atoms with Gasteiger partial charge in [-0.15, -0.1) is 0 Å². The van der Waals surface area contributed by atoms with Gasteiger partial charge in [-0.3, -0.25) is 4.79 Å². The molecule has 4 rings (SSSR count). The zero-order valence-corrected chi connectivity index (χ0v) is 22.9. The molecular weight excluding hydrogens is 519 g/mol. The van der Waals surface area contributed by atoms with Gasteiger partial charge in [-0.25, -0.2) is 4.31 Å². The molecule has 0 fully saturated rings. The molecule has 4 aromatic carbocycles. The summed E-state index contributed by atoms with van der Waals surface area (Å²) < 4.78 is 42.2. The maximum absolute atomic E-state index is 13.4. The van der Waals surface area contributed by atoms with Crippen molar-refractivity contribution in [3.63, 3.8) is 0 Å². The van der Waals surface area contributed by atoms with Crippen LogP contribution in [0, 0.1) is 20.8 Å². The second-order valence-electron chi connectivity index (χ2n) is 9.78. The molecule has 0 saturated carbocycles. The van der Waals surface area contributed by atoms with Crippen molar-refractivity contribution in [2.75, 3.05) is 0 Å². The van der Waals surface area contributed by atoms with Crippen molar-refractivity contribution < 1.29 is 23.1 Å². The van der Waals surface area contributed by atoms with E-state index in [-0.39, 0.29) is 6.42 Å². The number of rotatable bonds is 9. The van der Waals surface area contributed by atoms with Gasteiger partial charge in [0.05, 0.1) is 12.0 Å². The molecule has 202 valence electrons. The predicted octanol–water partition coefficient (Wildman–Crippen LogP) is 8.63. The van der Waals surface area contributed by atoms with Gasteiger partial charge in [0.1, 0.15) is 0 Å². The third-order valence-electron chi connectivity index (χ3n) is 6.37. The Labute approximate surface area is 231 Å². The van der Waals surface area contributed by atoms with Gasteiger partial charge in [0.25, 0.3) is 0 Å². The average molecular weight is 550 g/mol. The lowest BCUT2D eigenvalue weighted by Gasteiger charge is -2.24. The summed E-state index contributed by atoms with van der Waals surface area (Å²) in [6.07, 6.45) is -4.43. The van der Waals surface area contributed by atoms with Crippen LogP contribution < -0.4 is 0 Å². The number of carboxylic acids is 1. The molecule has 0 aliphatic rings. The Morgan fingerprint density at radius 3 is 2.03 bits per heavy atom. The zero-order valence-electron chi connectivity index (χ0n) is 22.0. The van der Waals surface area contributed by atoms with E-state index in [0.717, 1.165) is 44.3 Å². The fourth-order valence-electron chi connectivity index (χ4n) is 4.65. The molecular formula is C32H30F3NO2S. The molecule has 3 nitrogen and oxygen atoms in total. The molecule has 4 aromatic rings. The van der Waals surface area contributed by atoms with Crippen LogP contribution in [-0.2, 0) is 30.5 Å². The number of benzene rings is 4. The van der Waals surface area contributed by atoms with Gasteiger partial charge in [-0.05, 0) is 77.7 Å². The smallest absolute Gasteiger partial charge is 0.416 e. The number of aryl methyl sites for hydroxylation is 3.